The maximum absolute atomic E-state index is 10.9. The van der Waals surface area contributed by atoms with Crippen LogP contribution in [-0.2, 0) is 9.47 Å². The Labute approximate surface area is 83.6 Å². The number of alkyl carbamates (subject to hydrolysis) is 1. The number of thiocarbonyl (C=S) groups is 1. The molecule has 0 unspecified atom stereocenters. The highest BCUT2D eigenvalue weighted by atomic mass is 32.1. The van der Waals surface area contributed by atoms with Crippen LogP contribution in [0.5, 0.6) is 0 Å². The van der Waals surface area contributed by atoms with E-state index in [4.69, 9.17) is 9.47 Å². The fourth-order valence-corrected chi connectivity index (χ4v) is 0.797. The Morgan fingerprint density at radius 1 is 1.38 bits per heavy atom. The summed E-state index contributed by atoms with van der Waals surface area (Å²) in [7, 11) is 0. The first kappa shape index (κ1) is 12.2. The zero-order valence-electron chi connectivity index (χ0n) is 7.96. The topological polar surface area (TPSA) is 47.6 Å². The summed E-state index contributed by atoms with van der Waals surface area (Å²) in [5, 5.41) is 2.35. The second-order valence-electron chi connectivity index (χ2n) is 2.33. The van der Waals surface area contributed by atoms with Gasteiger partial charge in [-0.2, -0.15) is 0 Å². The lowest BCUT2D eigenvalue weighted by Gasteiger charge is -2.06. The number of carbonyl (C=O) groups excluding carboxylic acids is 1. The van der Waals surface area contributed by atoms with E-state index in [0.717, 1.165) is 12.8 Å². The number of ether oxygens (including phenoxy) is 2. The van der Waals surface area contributed by atoms with E-state index in [1.807, 2.05) is 6.92 Å². The Kier molecular flexibility index (Phi) is 7.29. The average Bonchev–Trinajstić information content (AvgIpc) is 2.05. The summed E-state index contributed by atoms with van der Waals surface area (Å²) in [5.41, 5.74) is 0. The van der Waals surface area contributed by atoms with Crippen molar-refractivity contribution >= 4 is 23.5 Å². The molecule has 0 saturated heterocycles. The van der Waals surface area contributed by atoms with Crippen LogP contribution in [0.3, 0.4) is 0 Å². The van der Waals surface area contributed by atoms with E-state index in [-0.39, 0.29) is 5.17 Å². The average molecular weight is 205 g/mol. The molecule has 0 aliphatic carbocycles. The largest absolute Gasteiger partial charge is 0.471 e. The summed E-state index contributed by atoms with van der Waals surface area (Å²) in [5.74, 6) is 0. The van der Waals surface area contributed by atoms with Crippen molar-refractivity contribution in [2.75, 3.05) is 13.2 Å². The molecule has 76 valence electrons. The van der Waals surface area contributed by atoms with Crippen molar-refractivity contribution in [2.24, 2.45) is 0 Å². The maximum atomic E-state index is 10.9. The minimum Gasteiger partial charge on any atom is -0.471 e. The van der Waals surface area contributed by atoms with Gasteiger partial charge in [-0.25, -0.2) is 4.79 Å². The van der Waals surface area contributed by atoms with E-state index in [2.05, 4.69) is 17.5 Å². The van der Waals surface area contributed by atoms with E-state index in [0.29, 0.717) is 13.2 Å². The summed E-state index contributed by atoms with van der Waals surface area (Å²) in [6, 6.07) is 0. The molecule has 0 spiro atoms. The third-order valence-corrected chi connectivity index (χ3v) is 1.43. The smallest absolute Gasteiger partial charge is 0.414 e. The Balaban J connectivity index is 3.44. The van der Waals surface area contributed by atoms with Crippen LogP contribution in [0.4, 0.5) is 4.79 Å². The van der Waals surface area contributed by atoms with Gasteiger partial charge in [0.05, 0.1) is 13.2 Å². The molecular formula is C8H15NO3S. The van der Waals surface area contributed by atoms with Crippen LogP contribution in [-0.4, -0.2) is 24.5 Å². The Morgan fingerprint density at radius 3 is 2.62 bits per heavy atom. The minimum atomic E-state index is -0.549. The zero-order chi connectivity index (χ0) is 10.1. The van der Waals surface area contributed by atoms with E-state index < -0.39 is 6.09 Å². The molecule has 0 aliphatic rings. The highest BCUT2D eigenvalue weighted by Gasteiger charge is 2.04. The molecule has 0 aliphatic heterocycles. The fourth-order valence-electron chi connectivity index (χ4n) is 0.596. The first-order valence-electron chi connectivity index (χ1n) is 4.31. The molecule has 0 bridgehead atoms. The molecule has 1 N–H and O–H groups in total. The van der Waals surface area contributed by atoms with E-state index in [9.17, 15) is 4.79 Å². The standard InChI is InChI=1S/C8H15NO3S/c1-3-5-6-12-7(10)9-8(13)11-4-2/h3-6H2,1-2H3,(H,9,10,13). The highest BCUT2D eigenvalue weighted by molar-refractivity contribution is 7.80. The van der Waals surface area contributed by atoms with E-state index in [1.54, 1.807) is 6.92 Å². The summed E-state index contributed by atoms with van der Waals surface area (Å²) in [6.45, 7) is 4.66. The Bertz CT molecular complexity index is 173. The summed E-state index contributed by atoms with van der Waals surface area (Å²) >= 11 is 4.67. The van der Waals surface area contributed by atoms with Gasteiger partial charge in [0.1, 0.15) is 0 Å². The number of rotatable bonds is 4. The molecule has 4 nitrogen and oxygen atoms in total. The third-order valence-electron chi connectivity index (χ3n) is 1.21. The SMILES string of the molecule is CCCCOC(=O)NC(=S)OCC. The number of unbranched alkanes of at least 4 members (excludes halogenated alkanes) is 1. The Hall–Kier alpha value is -0.840. The van der Waals surface area contributed by atoms with Crippen LogP contribution in [0.15, 0.2) is 0 Å². The van der Waals surface area contributed by atoms with E-state index >= 15 is 0 Å². The summed E-state index contributed by atoms with van der Waals surface area (Å²) in [4.78, 5) is 10.9. The lowest BCUT2D eigenvalue weighted by molar-refractivity contribution is 0.147. The number of carbonyl (C=O) groups is 1. The van der Waals surface area contributed by atoms with E-state index in [1.165, 1.54) is 0 Å². The number of nitrogens with one attached hydrogen (secondary N) is 1. The van der Waals surface area contributed by atoms with Crippen LogP contribution in [0.25, 0.3) is 0 Å². The second kappa shape index (κ2) is 7.79. The normalized spacial score (nSPS) is 9.08. The zero-order valence-corrected chi connectivity index (χ0v) is 8.78. The number of hydrogen-bond acceptors (Lipinski definition) is 4. The van der Waals surface area contributed by atoms with Crippen molar-refractivity contribution in [3.8, 4) is 0 Å². The Morgan fingerprint density at radius 2 is 2.08 bits per heavy atom. The van der Waals surface area contributed by atoms with Gasteiger partial charge < -0.3 is 9.47 Å². The molecule has 0 aromatic rings. The van der Waals surface area contributed by atoms with Gasteiger partial charge in [-0.3, -0.25) is 5.32 Å². The van der Waals surface area contributed by atoms with Gasteiger partial charge in [0.25, 0.3) is 5.17 Å². The van der Waals surface area contributed by atoms with Crippen LogP contribution in [0.2, 0.25) is 0 Å². The molecule has 1 amide bonds. The van der Waals surface area contributed by atoms with Crippen LogP contribution in [0.1, 0.15) is 26.7 Å². The molecule has 0 radical (unpaired) electrons. The molecule has 0 atom stereocenters. The predicted octanol–water partition coefficient (Wildman–Crippen LogP) is 1.83. The van der Waals surface area contributed by atoms with Crippen molar-refractivity contribution in [3.63, 3.8) is 0 Å². The maximum Gasteiger partial charge on any atom is 0.414 e. The van der Waals surface area contributed by atoms with Crippen molar-refractivity contribution in [3.05, 3.63) is 0 Å². The quantitative estimate of drug-likeness (QED) is 0.562. The monoisotopic (exact) mass is 205 g/mol. The van der Waals surface area contributed by atoms with Crippen molar-refractivity contribution in [2.45, 2.75) is 26.7 Å². The van der Waals surface area contributed by atoms with Crippen molar-refractivity contribution in [1.29, 1.82) is 0 Å². The molecular weight excluding hydrogens is 190 g/mol. The second-order valence-corrected chi connectivity index (χ2v) is 2.71. The van der Waals surface area contributed by atoms with Gasteiger partial charge in [-0.1, -0.05) is 13.3 Å². The minimum absolute atomic E-state index is 0.0593. The van der Waals surface area contributed by atoms with Crippen LogP contribution in [0, 0.1) is 0 Å². The number of hydrogen-bond donors (Lipinski definition) is 1. The van der Waals surface area contributed by atoms with Crippen molar-refractivity contribution in [1.82, 2.24) is 5.32 Å². The lowest BCUT2D eigenvalue weighted by atomic mass is 10.4. The van der Waals surface area contributed by atoms with Gasteiger partial charge in [0, 0.05) is 0 Å². The summed E-state index contributed by atoms with van der Waals surface area (Å²) < 4.78 is 9.62. The van der Waals surface area contributed by atoms with Gasteiger partial charge in [0.2, 0.25) is 0 Å². The molecule has 0 aromatic carbocycles. The van der Waals surface area contributed by atoms with Gasteiger partial charge in [-0.15, -0.1) is 0 Å². The summed E-state index contributed by atoms with van der Waals surface area (Å²) in [6.07, 6.45) is 1.30. The molecule has 0 rings (SSSR count). The molecule has 0 fully saturated rings. The van der Waals surface area contributed by atoms with Gasteiger partial charge >= 0.3 is 6.09 Å². The van der Waals surface area contributed by atoms with Gasteiger partial charge in [-0.05, 0) is 25.6 Å². The molecule has 0 aromatic heterocycles. The fraction of sp³-hybridized carbons (Fsp3) is 0.750. The molecule has 0 heterocycles. The first-order valence-corrected chi connectivity index (χ1v) is 4.72. The van der Waals surface area contributed by atoms with Crippen LogP contribution >= 0.6 is 12.2 Å². The molecule has 5 heteroatoms. The molecule has 13 heavy (non-hydrogen) atoms. The first-order chi connectivity index (χ1) is 6.20. The van der Waals surface area contributed by atoms with Gasteiger partial charge in [0.15, 0.2) is 0 Å². The van der Waals surface area contributed by atoms with Crippen LogP contribution < -0.4 is 5.32 Å². The molecule has 0 saturated carbocycles. The predicted molar refractivity (Wildman–Crippen MR) is 53.6 cm³/mol. The lowest BCUT2D eigenvalue weighted by Crippen LogP contribution is -2.31. The number of amides is 1. The third kappa shape index (κ3) is 7.52. The highest BCUT2D eigenvalue weighted by Crippen LogP contribution is 1.88. The van der Waals surface area contributed by atoms with Crippen molar-refractivity contribution < 1.29 is 14.3 Å².